The molecular weight excluding hydrogens is 315 g/mol. The van der Waals surface area contributed by atoms with Gasteiger partial charge >= 0.3 is 0 Å². The molecular formula is C15H17FN6S. The number of rotatable bonds is 6. The molecule has 0 saturated heterocycles. The molecule has 1 aromatic carbocycles. The fourth-order valence-electron chi connectivity index (χ4n) is 2.10. The molecule has 6 nitrogen and oxygen atoms in total. The summed E-state index contributed by atoms with van der Waals surface area (Å²) in [6.45, 7) is 5.57. The Balaban J connectivity index is 1.80. The maximum absolute atomic E-state index is 13.8. The van der Waals surface area contributed by atoms with Gasteiger partial charge in [0.05, 0.1) is 11.9 Å². The highest BCUT2D eigenvalue weighted by Crippen LogP contribution is 2.29. The van der Waals surface area contributed by atoms with E-state index in [0.29, 0.717) is 17.1 Å². The Bertz CT molecular complexity index is 784. The summed E-state index contributed by atoms with van der Waals surface area (Å²) in [5.41, 5.74) is 1.34. The molecule has 0 amide bonds. The topological polar surface area (TPSA) is 68.5 Å². The van der Waals surface area contributed by atoms with Crippen molar-refractivity contribution in [3.8, 4) is 10.6 Å². The van der Waals surface area contributed by atoms with Crippen LogP contribution in [0.2, 0.25) is 0 Å². The van der Waals surface area contributed by atoms with E-state index in [4.69, 9.17) is 0 Å². The number of nitrogens with zero attached hydrogens (tertiary/aromatic N) is 5. The highest BCUT2D eigenvalue weighted by Gasteiger charge is 2.17. The summed E-state index contributed by atoms with van der Waals surface area (Å²) >= 11 is 1.36. The van der Waals surface area contributed by atoms with E-state index in [2.05, 4.69) is 25.8 Å². The lowest BCUT2D eigenvalue weighted by atomic mass is 10.2. The smallest absolute Gasteiger partial charge is 0.150 e. The molecule has 0 radical (unpaired) electrons. The minimum Gasteiger partial charge on any atom is -0.311 e. The molecule has 0 aliphatic heterocycles. The van der Waals surface area contributed by atoms with Gasteiger partial charge in [0, 0.05) is 12.1 Å². The summed E-state index contributed by atoms with van der Waals surface area (Å²) < 4.78 is 15.6. The number of benzene rings is 1. The molecule has 23 heavy (non-hydrogen) atoms. The molecule has 0 spiro atoms. The number of hydrogen-bond donors (Lipinski definition) is 1. The van der Waals surface area contributed by atoms with E-state index in [9.17, 15) is 4.39 Å². The molecule has 2 aromatic heterocycles. The van der Waals surface area contributed by atoms with Crippen LogP contribution in [-0.2, 0) is 6.54 Å². The first-order valence-electron chi connectivity index (χ1n) is 7.38. The SMILES string of the molecule is CCNCc1cn(C(C)c2nnc(-c3ccccc3F)s2)nn1. The van der Waals surface area contributed by atoms with E-state index < -0.39 is 0 Å². The monoisotopic (exact) mass is 332 g/mol. The van der Waals surface area contributed by atoms with E-state index in [1.165, 1.54) is 17.4 Å². The van der Waals surface area contributed by atoms with E-state index in [0.717, 1.165) is 17.2 Å². The van der Waals surface area contributed by atoms with Crippen molar-refractivity contribution in [1.82, 2.24) is 30.5 Å². The summed E-state index contributed by atoms with van der Waals surface area (Å²) in [7, 11) is 0. The summed E-state index contributed by atoms with van der Waals surface area (Å²) in [5, 5.41) is 21.1. The lowest BCUT2D eigenvalue weighted by Gasteiger charge is -2.06. The number of nitrogens with one attached hydrogen (secondary N) is 1. The predicted octanol–water partition coefficient (Wildman–Crippen LogP) is 2.65. The Morgan fingerprint density at radius 2 is 2.09 bits per heavy atom. The highest BCUT2D eigenvalue weighted by molar-refractivity contribution is 7.14. The van der Waals surface area contributed by atoms with Gasteiger partial charge in [0.15, 0.2) is 5.01 Å². The molecule has 1 unspecified atom stereocenters. The van der Waals surface area contributed by atoms with Crippen LogP contribution in [0.4, 0.5) is 4.39 Å². The third-order valence-electron chi connectivity index (χ3n) is 3.41. The Morgan fingerprint density at radius 3 is 2.87 bits per heavy atom. The van der Waals surface area contributed by atoms with Gasteiger partial charge in [-0.05, 0) is 25.6 Å². The van der Waals surface area contributed by atoms with Gasteiger partial charge in [-0.1, -0.05) is 35.6 Å². The average molecular weight is 332 g/mol. The summed E-state index contributed by atoms with van der Waals surface area (Å²) in [5.74, 6) is -0.295. The maximum atomic E-state index is 13.8. The fraction of sp³-hybridized carbons (Fsp3) is 0.333. The Morgan fingerprint density at radius 1 is 1.26 bits per heavy atom. The Hall–Kier alpha value is -2.19. The zero-order valence-electron chi connectivity index (χ0n) is 12.9. The molecule has 3 aromatic rings. The first-order valence-corrected chi connectivity index (χ1v) is 8.20. The van der Waals surface area contributed by atoms with Crippen molar-refractivity contribution in [2.45, 2.75) is 26.4 Å². The molecule has 0 saturated carbocycles. The van der Waals surface area contributed by atoms with Crippen molar-refractivity contribution >= 4 is 11.3 Å². The van der Waals surface area contributed by atoms with Crippen molar-refractivity contribution in [2.24, 2.45) is 0 Å². The maximum Gasteiger partial charge on any atom is 0.150 e. The summed E-state index contributed by atoms with van der Waals surface area (Å²) in [6.07, 6.45) is 1.89. The van der Waals surface area contributed by atoms with Crippen LogP contribution in [0.5, 0.6) is 0 Å². The molecule has 0 aliphatic carbocycles. The van der Waals surface area contributed by atoms with E-state index >= 15 is 0 Å². The highest BCUT2D eigenvalue weighted by atomic mass is 32.1. The molecule has 1 atom stereocenters. The van der Waals surface area contributed by atoms with Crippen LogP contribution in [0.25, 0.3) is 10.6 Å². The van der Waals surface area contributed by atoms with Crippen molar-refractivity contribution in [2.75, 3.05) is 6.54 Å². The Labute approximate surface area is 137 Å². The van der Waals surface area contributed by atoms with Gasteiger partial charge in [-0.15, -0.1) is 15.3 Å². The minimum absolute atomic E-state index is 0.101. The van der Waals surface area contributed by atoms with Gasteiger partial charge in [0.2, 0.25) is 0 Å². The van der Waals surface area contributed by atoms with Crippen LogP contribution in [0, 0.1) is 5.82 Å². The van der Waals surface area contributed by atoms with E-state index in [1.54, 1.807) is 22.9 Å². The third-order valence-corrected chi connectivity index (χ3v) is 4.54. The van der Waals surface area contributed by atoms with Crippen LogP contribution in [0.15, 0.2) is 30.5 Å². The van der Waals surface area contributed by atoms with Gasteiger partial charge in [-0.2, -0.15) is 0 Å². The van der Waals surface area contributed by atoms with Crippen molar-refractivity contribution in [3.05, 3.63) is 47.0 Å². The molecule has 3 rings (SSSR count). The second kappa shape index (κ2) is 6.93. The molecule has 0 fully saturated rings. The molecule has 0 bridgehead atoms. The quantitative estimate of drug-likeness (QED) is 0.751. The van der Waals surface area contributed by atoms with Crippen LogP contribution in [0.3, 0.4) is 0 Å². The van der Waals surface area contributed by atoms with Gasteiger partial charge < -0.3 is 5.32 Å². The normalized spacial score (nSPS) is 12.5. The number of aromatic nitrogens is 5. The minimum atomic E-state index is -0.295. The summed E-state index contributed by atoms with van der Waals surface area (Å²) in [6, 6.07) is 6.47. The first kappa shape index (κ1) is 15.7. The average Bonchev–Trinajstić information content (AvgIpc) is 3.22. The fourth-order valence-corrected chi connectivity index (χ4v) is 3.01. The summed E-state index contributed by atoms with van der Waals surface area (Å²) in [4.78, 5) is 0. The largest absolute Gasteiger partial charge is 0.311 e. The zero-order chi connectivity index (χ0) is 16.2. The molecule has 0 aliphatic rings. The number of halogens is 1. The van der Waals surface area contributed by atoms with Crippen LogP contribution in [-0.4, -0.2) is 31.7 Å². The van der Waals surface area contributed by atoms with Crippen molar-refractivity contribution in [1.29, 1.82) is 0 Å². The third kappa shape index (κ3) is 3.43. The standard InChI is InChI=1S/C15H17FN6S/c1-3-17-8-11-9-22(21-18-11)10(2)14-19-20-15(23-14)12-6-4-5-7-13(12)16/h4-7,9-10,17H,3,8H2,1-2H3. The zero-order valence-corrected chi connectivity index (χ0v) is 13.7. The number of hydrogen-bond acceptors (Lipinski definition) is 6. The lowest BCUT2D eigenvalue weighted by molar-refractivity contribution is 0.537. The van der Waals surface area contributed by atoms with Crippen molar-refractivity contribution < 1.29 is 4.39 Å². The van der Waals surface area contributed by atoms with Gasteiger partial charge in [-0.3, -0.25) is 0 Å². The van der Waals surface area contributed by atoms with Crippen molar-refractivity contribution in [3.63, 3.8) is 0 Å². The predicted molar refractivity (Wildman–Crippen MR) is 86.5 cm³/mol. The van der Waals surface area contributed by atoms with Gasteiger partial charge in [0.25, 0.3) is 0 Å². The Kier molecular flexibility index (Phi) is 4.73. The molecule has 1 N–H and O–H groups in total. The van der Waals surface area contributed by atoms with Crippen LogP contribution in [0.1, 0.15) is 30.6 Å². The first-order chi connectivity index (χ1) is 11.2. The molecule has 120 valence electrons. The van der Waals surface area contributed by atoms with Crippen LogP contribution < -0.4 is 5.32 Å². The van der Waals surface area contributed by atoms with Gasteiger partial charge in [-0.25, -0.2) is 9.07 Å². The van der Waals surface area contributed by atoms with E-state index in [1.807, 2.05) is 20.0 Å². The second-order valence-electron chi connectivity index (χ2n) is 5.07. The van der Waals surface area contributed by atoms with Gasteiger partial charge in [0.1, 0.15) is 16.9 Å². The lowest BCUT2D eigenvalue weighted by Crippen LogP contribution is -2.12. The van der Waals surface area contributed by atoms with Crippen LogP contribution >= 0.6 is 11.3 Å². The molecule has 8 heteroatoms. The second-order valence-corrected chi connectivity index (χ2v) is 6.08. The van der Waals surface area contributed by atoms with E-state index in [-0.39, 0.29) is 11.9 Å². The molecule has 2 heterocycles.